The molecule has 0 aromatic heterocycles. The summed E-state index contributed by atoms with van der Waals surface area (Å²) in [6.45, 7) is 7.53. The van der Waals surface area contributed by atoms with Gasteiger partial charge in [-0.2, -0.15) is 0 Å². The van der Waals surface area contributed by atoms with E-state index in [4.69, 9.17) is 0 Å². The third-order valence-corrected chi connectivity index (χ3v) is 7.53. The van der Waals surface area contributed by atoms with Crippen LogP contribution in [-0.4, -0.2) is 90.6 Å². The third-order valence-electron chi connectivity index (χ3n) is 6.32. The molecule has 0 bridgehead atoms. The summed E-state index contributed by atoms with van der Waals surface area (Å²) < 4.78 is 1.25. The lowest BCUT2D eigenvalue weighted by atomic mass is 9.97. The van der Waals surface area contributed by atoms with Crippen LogP contribution in [0.3, 0.4) is 0 Å². The van der Waals surface area contributed by atoms with Gasteiger partial charge in [-0.25, -0.2) is 5.48 Å². The fraction of sp³-hybridized carbons (Fsp3) is 0.636. The number of likely N-dealkylation sites (tertiary alicyclic amines) is 1. The number of amides is 2. The first-order valence-corrected chi connectivity index (χ1v) is 12.6. The lowest BCUT2D eigenvalue weighted by Gasteiger charge is -2.43. The smallest absolute Gasteiger partial charge is 0.257 e. The van der Waals surface area contributed by atoms with Crippen LogP contribution in [0.1, 0.15) is 25.3 Å². The third kappa shape index (κ3) is 6.66. The Bertz CT molecular complexity index is 786. The van der Waals surface area contributed by atoms with Crippen LogP contribution in [0, 0.1) is 5.92 Å². The van der Waals surface area contributed by atoms with Gasteiger partial charge in [-0.15, -0.1) is 0 Å². The van der Waals surface area contributed by atoms with Crippen molar-refractivity contribution in [1.29, 1.82) is 0 Å². The molecule has 8 nitrogen and oxygen atoms in total. The Morgan fingerprint density at radius 2 is 1.72 bits per heavy atom. The number of carbonyl (C=O) groups is 2. The van der Waals surface area contributed by atoms with E-state index in [1.807, 2.05) is 24.0 Å². The van der Waals surface area contributed by atoms with E-state index in [0.29, 0.717) is 28.0 Å². The SMILES string of the molecule is CONC(=O)CN1CCN(C2CCN(C(=O)[C@H](C)Cc3cc(Br)c(O)c(Br)c3)CC2)CC1. The molecule has 10 heteroatoms. The number of hydrogen-bond donors (Lipinski definition) is 2. The zero-order valence-electron chi connectivity index (χ0n) is 18.6. The number of piperazine rings is 1. The highest BCUT2D eigenvalue weighted by Gasteiger charge is 2.31. The Kier molecular flexibility index (Phi) is 9.36. The van der Waals surface area contributed by atoms with Crippen LogP contribution in [0.15, 0.2) is 21.1 Å². The van der Waals surface area contributed by atoms with E-state index in [0.717, 1.165) is 57.7 Å². The quantitative estimate of drug-likeness (QED) is 0.486. The molecule has 2 amide bonds. The van der Waals surface area contributed by atoms with Crippen LogP contribution < -0.4 is 5.48 Å². The van der Waals surface area contributed by atoms with Crippen LogP contribution in [0.2, 0.25) is 0 Å². The number of phenols is 1. The van der Waals surface area contributed by atoms with Gasteiger partial charge in [-0.1, -0.05) is 6.92 Å². The summed E-state index contributed by atoms with van der Waals surface area (Å²) >= 11 is 6.72. The van der Waals surface area contributed by atoms with E-state index in [1.54, 1.807) is 0 Å². The summed E-state index contributed by atoms with van der Waals surface area (Å²) in [5.74, 6) is 0.136. The molecule has 0 unspecified atom stereocenters. The van der Waals surface area contributed by atoms with Crippen LogP contribution in [-0.2, 0) is 20.8 Å². The maximum absolute atomic E-state index is 13.0. The van der Waals surface area contributed by atoms with Crippen LogP contribution in [0.5, 0.6) is 5.75 Å². The van der Waals surface area contributed by atoms with Gasteiger partial charge < -0.3 is 10.0 Å². The van der Waals surface area contributed by atoms with Gasteiger partial charge in [0, 0.05) is 51.2 Å². The topological polar surface area (TPSA) is 85.4 Å². The van der Waals surface area contributed by atoms with Crippen molar-refractivity contribution in [2.24, 2.45) is 5.92 Å². The number of halogens is 2. The standard InChI is InChI=1S/C22H32Br2N4O4/c1-15(11-16-12-18(23)21(30)19(24)13-16)22(31)28-5-3-17(4-6-28)27-9-7-26(8-10-27)14-20(29)25-32-2/h12-13,15,17,30H,3-11,14H2,1-2H3,(H,25,29)/t15-/m1/s1. The molecule has 0 spiro atoms. The lowest BCUT2D eigenvalue weighted by Crippen LogP contribution is -2.55. The summed E-state index contributed by atoms with van der Waals surface area (Å²) in [5.41, 5.74) is 3.38. The first-order chi connectivity index (χ1) is 15.3. The molecule has 0 aliphatic carbocycles. The highest BCUT2D eigenvalue weighted by Crippen LogP contribution is 2.34. The van der Waals surface area contributed by atoms with E-state index in [1.165, 1.54) is 7.11 Å². The second-order valence-corrected chi connectivity index (χ2v) is 10.3. The van der Waals surface area contributed by atoms with Gasteiger partial charge in [0.1, 0.15) is 5.75 Å². The van der Waals surface area contributed by atoms with E-state index in [-0.39, 0.29) is 23.5 Å². The molecule has 32 heavy (non-hydrogen) atoms. The molecule has 178 valence electrons. The molecule has 2 saturated heterocycles. The Labute approximate surface area is 206 Å². The van der Waals surface area contributed by atoms with Crippen molar-refractivity contribution >= 4 is 43.7 Å². The molecule has 1 aromatic rings. The highest BCUT2D eigenvalue weighted by molar-refractivity contribution is 9.11. The Balaban J connectivity index is 1.43. The van der Waals surface area contributed by atoms with E-state index in [2.05, 4.69) is 52.0 Å². The molecule has 2 heterocycles. The monoisotopic (exact) mass is 574 g/mol. The summed E-state index contributed by atoms with van der Waals surface area (Å²) in [7, 11) is 1.44. The van der Waals surface area contributed by atoms with Gasteiger partial charge in [0.2, 0.25) is 5.91 Å². The Morgan fingerprint density at radius 3 is 2.28 bits per heavy atom. The maximum Gasteiger partial charge on any atom is 0.257 e. The second kappa shape index (κ2) is 11.8. The van der Waals surface area contributed by atoms with Gasteiger partial charge in [-0.05, 0) is 68.8 Å². The minimum absolute atomic E-state index is 0.114. The van der Waals surface area contributed by atoms with E-state index >= 15 is 0 Å². The molecule has 0 saturated carbocycles. The first kappa shape index (κ1) is 25.4. The van der Waals surface area contributed by atoms with Crippen molar-refractivity contribution < 1.29 is 19.5 Å². The molecular formula is C22H32Br2N4O4. The van der Waals surface area contributed by atoms with Gasteiger partial charge in [-0.3, -0.25) is 24.2 Å². The number of benzene rings is 1. The van der Waals surface area contributed by atoms with Crippen LogP contribution in [0.4, 0.5) is 0 Å². The maximum atomic E-state index is 13.0. The van der Waals surface area contributed by atoms with Gasteiger partial charge in [0.05, 0.1) is 22.6 Å². The lowest BCUT2D eigenvalue weighted by molar-refractivity contribution is -0.136. The van der Waals surface area contributed by atoms with Crippen molar-refractivity contribution in [2.45, 2.75) is 32.2 Å². The largest absolute Gasteiger partial charge is 0.506 e. The molecule has 2 fully saturated rings. The Morgan fingerprint density at radius 1 is 1.12 bits per heavy atom. The molecule has 1 aromatic carbocycles. The van der Waals surface area contributed by atoms with Crippen molar-refractivity contribution in [3.63, 3.8) is 0 Å². The highest BCUT2D eigenvalue weighted by atomic mass is 79.9. The number of carbonyl (C=O) groups excluding carboxylic acids is 2. The predicted molar refractivity (Wildman–Crippen MR) is 129 cm³/mol. The van der Waals surface area contributed by atoms with Gasteiger partial charge in [0.15, 0.2) is 0 Å². The number of rotatable bonds is 7. The number of nitrogens with zero attached hydrogens (tertiary/aromatic N) is 3. The fourth-order valence-corrected chi connectivity index (χ4v) is 5.86. The number of aromatic hydroxyl groups is 1. The molecular weight excluding hydrogens is 544 g/mol. The number of nitrogens with one attached hydrogen (secondary N) is 1. The average molecular weight is 576 g/mol. The number of phenolic OH excluding ortho intramolecular Hbond substituents is 1. The zero-order valence-corrected chi connectivity index (χ0v) is 21.8. The molecule has 2 aliphatic rings. The second-order valence-electron chi connectivity index (χ2n) is 8.61. The molecule has 0 radical (unpaired) electrons. The number of hydroxylamine groups is 1. The summed E-state index contributed by atoms with van der Waals surface area (Å²) in [6.07, 6.45) is 2.60. The number of hydrogen-bond acceptors (Lipinski definition) is 6. The first-order valence-electron chi connectivity index (χ1n) is 11.0. The predicted octanol–water partition coefficient (Wildman–Crippen LogP) is 2.38. The Hall–Kier alpha value is -1.20. The van der Waals surface area contributed by atoms with E-state index < -0.39 is 0 Å². The van der Waals surface area contributed by atoms with E-state index in [9.17, 15) is 14.7 Å². The summed E-state index contributed by atoms with van der Waals surface area (Å²) in [5, 5.41) is 9.89. The molecule has 2 N–H and O–H groups in total. The van der Waals surface area contributed by atoms with Gasteiger partial charge >= 0.3 is 0 Å². The van der Waals surface area contributed by atoms with Crippen molar-refractivity contribution in [1.82, 2.24) is 20.2 Å². The minimum atomic E-state index is -0.117. The molecule has 1 atom stereocenters. The summed E-state index contributed by atoms with van der Waals surface area (Å²) in [4.78, 5) is 36.0. The molecule has 3 rings (SSSR count). The van der Waals surface area contributed by atoms with Crippen LogP contribution in [0.25, 0.3) is 0 Å². The van der Waals surface area contributed by atoms with Crippen LogP contribution >= 0.6 is 31.9 Å². The zero-order chi connectivity index (χ0) is 23.3. The minimum Gasteiger partial charge on any atom is -0.506 e. The normalized spacial score (nSPS) is 19.7. The van der Waals surface area contributed by atoms with Crippen molar-refractivity contribution in [2.75, 3.05) is 52.9 Å². The average Bonchev–Trinajstić information content (AvgIpc) is 2.77. The van der Waals surface area contributed by atoms with Crippen molar-refractivity contribution in [3.05, 3.63) is 26.6 Å². The summed E-state index contributed by atoms with van der Waals surface area (Å²) in [6, 6.07) is 4.23. The van der Waals surface area contributed by atoms with Crippen molar-refractivity contribution in [3.8, 4) is 5.75 Å². The molecule has 2 aliphatic heterocycles. The van der Waals surface area contributed by atoms with Gasteiger partial charge in [0.25, 0.3) is 5.91 Å². The fourth-order valence-electron chi connectivity index (χ4n) is 4.58. The number of piperidine rings is 1.